The van der Waals surface area contributed by atoms with Crippen LogP contribution >= 0.6 is 35.7 Å². The van der Waals surface area contributed by atoms with Crippen LogP contribution in [0.25, 0.3) is 0 Å². The fourth-order valence-electron chi connectivity index (χ4n) is 2.14. The summed E-state index contributed by atoms with van der Waals surface area (Å²) in [6, 6.07) is 10.9. The van der Waals surface area contributed by atoms with Crippen LogP contribution < -0.4 is 10.6 Å². The molecule has 0 saturated carbocycles. The predicted molar refractivity (Wildman–Crippen MR) is 120 cm³/mol. The second-order valence-electron chi connectivity index (χ2n) is 6.43. The normalized spacial score (nSPS) is 13.4. The number of aliphatic imine (C=N–C) groups is 1. The van der Waals surface area contributed by atoms with Gasteiger partial charge in [0, 0.05) is 17.8 Å². The van der Waals surface area contributed by atoms with Crippen molar-refractivity contribution < 1.29 is 0 Å². The van der Waals surface area contributed by atoms with Gasteiger partial charge in [-0.15, -0.1) is 24.0 Å². The molecule has 138 valence electrons. The summed E-state index contributed by atoms with van der Waals surface area (Å²) in [6.45, 7) is 9.01. The Morgan fingerprint density at radius 1 is 1.21 bits per heavy atom. The molecule has 1 aromatic rings. The monoisotopic (exact) mass is 464 g/mol. The van der Waals surface area contributed by atoms with E-state index in [0.29, 0.717) is 6.04 Å². The van der Waals surface area contributed by atoms with Gasteiger partial charge in [0.2, 0.25) is 0 Å². The molecule has 0 amide bonds. The summed E-state index contributed by atoms with van der Waals surface area (Å²) in [5.74, 6) is 0.886. The van der Waals surface area contributed by atoms with Crippen LogP contribution in [0.2, 0.25) is 0 Å². The summed E-state index contributed by atoms with van der Waals surface area (Å²) in [4.78, 5) is 6.97. The minimum absolute atomic E-state index is 0. The SMILES string of the molecule is CCNC(=NCC(C)(C)SC)NCC(c1ccccc1)N(C)C.I. The Morgan fingerprint density at radius 2 is 1.83 bits per heavy atom. The summed E-state index contributed by atoms with van der Waals surface area (Å²) in [7, 11) is 4.22. The highest BCUT2D eigenvalue weighted by Gasteiger charge is 2.17. The standard InChI is InChI=1S/C18H32N4S.HI/c1-7-19-17(21-14-18(2,3)23-6)20-13-16(22(4)5)15-11-9-8-10-12-15;/h8-12,16H,7,13-14H2,1-6H3,(H2,19,20,21);1H. The molecule has 0 fully saturated rings. The van der Waals surface area contributed by atoms with E-state index < -0.39 is 0 Å². The first-order valence-electron chi connectivity index (χ1n) is 8.18. The Hall–Kier alpha value is -0.470. The van der Waals surface area contributed by atoms with Gasteiger partial charge >= 0.3 is 0 Å². The highest BCUT2D eigenvalue weighted by Crippen LogP contribution is 2.21. The number of benzene rings is 1. The van der Waals surface area contributed by atoms with E-state index >= 15 is 0 Å². The van der Waals surface area contributed by atoms with Gasteiger partial charge in [-0.2, -0.15) is 11.8 Å². The lowest BCUT2D eigenvalue weighted by atomic mass is 10.1. The quantitative estimate of drug-likeness (QED) is 0.351. The number of rotatable bonds is 8. The number of likely N-dealkylation sites (N-methyl/N-ethyl adjacent to an activating group) is 1. The second-order valence-corrected chi connectivity index (χ2v) is 7.94. The maximum atomic E-state index is 4.74. The molecule has 6 heteroatoms. The molecule has 0 aliphatic heterocycles. The van der Waals surface area contributed by atoms with E-state index in [1.54, 1.807) is 0 Å². The third-order valence-corrected chi connectivity index (χ3v) is 5.02. The molecular formula is C18H33IN4S. The lowest BCUT2D eigenvalue weighted by Crippen LogP contribution is -2.42. The van der Waals surface area contributed by atoms with Gasteiger partial charge in [-0.1, -0.05) is 30.3 Å². The largest absolute Gasteiger partial charge is 0.357 e. The third kappa shape index (κ3) is 8.58. The van der Waals surface area contributed by atoms with E-state index in [-0.39, 0.29) is 28.7 Å². The van der Waals surface area contributed by atoms with Gasteiger partial charge in [0.1, 0.15) is 0 Å². The number of hydrogen-bond acceptors (Lipinski definition) is 3. The van der Waals surface area contributed by atoms with Gasteiger partial charge < -0.3 is 15.5 Å². The van der Waals surface area contributed by atoms with Crippen molar-refractivity contribution >= 4 is 41.7 Å². The summed E-state index contributed by atoms with van der Waals surface area (Å²) in [5.41, 5.74) is 1.31. The highest BCUT2D eigenvalue weighted by atomic mass is 127. The molecule has 0 aliphatic carbocycles. The van der Waals surface area contributed by atoms with E-state index in [1.165, 1.54) is 5.56 Å². The maximum Gasteiger partial charge on any atom is 0.191 e. The van der Waals surface area contributed by atoms with Crippen LogP contribution in [0.15, 0.2) is 35.3 Å². The smallest absolute Gasteiger partial charge is 0.191 e. The summed E-state index contributed by atoms with van der Waals surface area (Å²) < 4.78 is 0.155. The number of halogens is 1. The Bertz CT molecular complexity index is 477. The van der Waals surface area contributed by atoms with Crippen molar-refractivity contribution in [2.75, 3.05) is 40.0 Å². The van der Waals surface area contributed by atoms with Gasteiger partial charge in [0.25, 0.3) is 0 Å². The molecule has 0 aliphatic rings. The molecule has 0 heterocycles. The molecule has 2 N–H and O–H groups in total. The van der Waals surface area contributed by atoms with E-state index in [4.69, 9.17) is 4.99 Å². The van der Waals surface area contributed by atoms with Crippen LogP contribution in [0.1, 0.15) is 32.4 Å². The molecule has 0 aromatic heterocycles. The van der Waals surface area contributed by atoms with Gasteiger partial charge in [0.15, 0.2) is 5.96 Å². The third-order valence-electron chi connectivity index (χ3n) is 3.79. The number of thioether (sulfide) groups is 1. The molecule has 1 atom stereocenters. The van der Waals surface area contributed by atoms with Crippen molar-refractivity contribution in [3.63, 3.8) is 0 Å². The lowest BCUT2D eigenvalue weighted by Gasteiger charge is -2.26. The summed E-state index contributed by atoms with van der Waals surface area (Å²) in [5, 5.41) is 6.82. The Morgan fingerprint density at radius 3 is 2.33 bits per heavy atom. The van der Waals surface area contributed by atoms with Gasteiger partial charge in [-0.05, 0) is 46.7 Å². The van der Waals surface area contributed by atoms with Crippen LogP contribution in [-0.4, -0.2) is 55.6 Å². The maximum absolute atomic E-state index is 4.74. The summed E-state index contributed by atoms with van der Waals surface area (Å²) >= 11 is 1.84. The fourth-order valence-corrected chi connectivity index (χ4v) is 2.34. The highest BCUT2D eigenvalue weighted by molar-refractivity contribution is 14.0. The minimum Gasteiger partial charge on any atom is -0.357 e. The van der Waals surface area contributed by atoms with Gasteiger partial charge in [-0.3, -0.25) is 4.99 Å². The van der Waals surface area contributed by atoms with Crippen LogP contribution in [-0.2, 0) is 0 Å². The first-order valence-corrected chi connectivity index (χ1v) is 9.40. The predicted octanol–water partition coefficient (Wildman–Crippen LogP) is 3.60. The first kappa shape index (κ1) is 23.5. The van der Waals surface area contributed by atoms with Crippen molar-refractivity contribution in [1.82, 2.24) is 15.5 Å². The van der Waals surface area contributed by atoms with Gasteiger partial charge in [-0.25, -0.2) is 0 Å². The average Bonchev–Trinajstić information content (AvgIpc) is 2.53. The number of hydrogen-bond donors (Lipinski definition) is 2. The van der Waals surface area contributed by atoms with Crippen LogP contribution in [0.5, 0.6) is 0 Å². The molecule has 4 nitrogen and oxygen atoms in total. The van der Waals surface area contributed by atoms with Crippen molar-refractivity contribution in [3.05, 3.63) is 35.9 Å². The zero-order valence-corrected chi connectivity index (χ0v) is 18.9. The Kier molecular flexibility index (Phi) is 11.7. The minimum atomic E-state index is 0. The second kappa shape index (κ2) is 12.0. The molecule has 1 unspecified atom stereocenters. The Balaban J connectivity index is 0.00000529. The zero-order valence-electron chi connectivity index (χ0n) is 15.8. The van der Waals surface area contributed by atoms with E-state index in [2.05, 4.69) is 87.0 Å². The number of guanidine groups is 1. The van der Waals surface area contributed by atoms with Crippen LogP contribution in [0.3, 0.4) is 0 Å². The fraction of sp³-hybridized carbons (Fsp3) is 0.611. The van der Waals surface area contributed by atoms with Crippen molar-refractivity contribution in [2.24, 2.45) is 4.99 Å². The molecule has 0 bridgehead atoms. The van der Waals surface area contributed by atoms with Crippen LogP contribution in [0.4, 0.5) is 0 Å². The van der Waals surface area contributed by atoms with E-state index in [0.717, 1.165) is 25.6 Å². The summed E-state index contributed by atoms with van der Waals surface area (Å²) in [6.07, 6.45) is 2.13. The van der Waals surface area contributed by atoms with Gasteiger partial charge in [0.05, 0.1) is 12.6 Å². The van der Waals surface area contributed by atoms with Crippen molar-refractivity contribution in [2.45, 2.75) is 31.6 Å². The molecule has 0 saturated heterocycles. The number of nitrogens with zero attached hydrogens (tertiary/aromatic N) is 2. The van der Waals surface area contributed by atoms with E-state index in [1.807, 2.05) is 11.8 Å². The molecule has 1 aromatic carbocycles. The topological polar surface area (TPSA) is 39.7 Å². The average molecular weight is 464 g/mol. The molecule has 0 radical (unpaired) electrons. The van der Waals surface area contributed by atoms with E-state index in [9.17, 15) is 0 Å². The first-order chi connectivity index (χ1) is 10.9. The zero-order chi connectivity index (χ0) is 17.3. The van der Waals surface area contributed by atoms with Crippen LogP contribution in [0, 0.1) is 0 Å². The molecule has 0 spiro atoms. The number of nitrogens with one attached hydrogen (secondary N) is 2. The van der Waals surface area contributed by atoms with Crippen molar-refractivity contribution in [1.29, 1.82) is 0 Å². The van der Waals surface area contributed by atoms with Crippen molar-refractivity contribution in [3.8, 4) is 0 Å². The Labute approximate surface area is 169 Å². The molecule has 1 rings (SSSR count). The molecule has 24 heavy (non-hydrogen) atoms. The molecular weight excluding hydrogens is 431 g/mol. The lowest BCUT2D eigenvalue weighted by molar-refractivity contribution is 0.298.